The van der Waals surface area contributed by atoms with E-state index in [1.807, 2.05) is 54.6 Å². The molecule has 2 aromatic rings. The normalized spacial score (nSPS) is 26.5. The van der Waals surface area contributed by atoms with E-state index in [-0.39, 0.29) is 5.91 Å². The Labute approximate surface area is 164 Å². The summed E-state index contributed by atoms with van der Waals surface area (Å²) < 4.78 is 34.5. The molecular formula is C23H25F2NO2. The van der Waals surface area contributed by atoms with Crippen LogP contribution in [-0.4, -0.2) is 42.0 Å². The highest BCUT2D eigenvalue weighted by Crippen LogP contribution is 2.40. The van der Waals surface area contributed by atoms with Crippen molar-refractivity contribution in [2.24, 2.45) is 5.92 Å². The van der Waals surface area contributed by atoms with E-state index >= 15 is 0 Å². The summed E-state index contributed by atoms with van der Waals surface area (Å²) in [5.41, 5.74) is 3.09. The number of carbonyl (C=O) groups is 1. The molecule has 0 saturated carbocycles. The predicted octanol–water partition coefficient (Wildman–Crippen LogP) is 4.56. The molecule has 2 aliphatic rings. The Balaban J connectivity index is 1.58. The highest BCUT2D eigenvalue weighted by Gasteiger charge is 2.54. The number of likely N-dealkylation sites (tertiary alicyclic amines) is 1. The van der Waals surface area contributed by atoms with Gasteiger partial charge >= 0.3 is 0 Å². The van der Waals surface area contributed by atoms with Gasteiger partial charge in [-0.25, -0.2) is 8.78 Å². The lowest BCUT2D eigenvalue weighted by molar-refractivity contribution is -0.143. The molecule has 2 heterocycles. The van der Waals surface area contributed by atoms with Gasteiger partial charge in [-0.15, -0.1) is 0 Å². The number of nitrogens with zero attached hydrogens (tertiary/aromatic N) is 1. The fraction of sp³-hybridized carbons (Fsp3) is 0.435. The van der Waals surface area contributed by atoms with E-state index in [1.54, 1.807) is 6.92 Å². The smallest absolute Gasteiger partial charge is 0.269 e. The second-order valence-electron chi connectivity index (χ2n) is 7.86. The maximum atomic E-state index is 14.5. The standard InChI is InChI=1S/C23H25F2NO2/c1-16-20(26(15-23(16,24)25)22(27)21-11-6-12-28-21)14-17-7-5-10-19(13-17)18-8-3-2-4-9-18/h2-5,7-10,13,16,20-21H,6,11-12,14-15H2,1H3/t16-,20+,21-/m1/s1. The van der Waals surface area contributed by atoms with Crippen LogP contribution in [0.1, 0.15) is 25.3 Å². The summed E-state index contributed by atoms with van der Waals surface area (Å²) in [6.45, 7) is 1.56. The topological polar surface area (TPSA) is 29.5 Å². The van der Waals surface area contributed by atoms with Gasteiger partial charge < -0.3 is 9.64 Å². The third-order valence-corrected chi connectivity index (χ3v) is 5.99. The van der Waals surface area contributed by atoms with Crippen LogP contribution in [0.4, 0.5) is 8.78 Å². The lowest BCUT2D eigenvalue weighted by Gasteiger charge is -2.28. The molecule has 0 radical (unpaired) electrons. The van der Waals surface area contributed by atoms with Crippen molar-refractivity contribution >= 4 is 5.91 Å². The molecule has 0 spiro atoms. The van der Waals surface area contributed by atoms with Gasteiger partial charge in [-0.2, -0.15) is 0 Å². The van der Waals surface area contributed by atoms with E-state index in [9.17, 15) is 13.6 Å². The second kappa shape index (κ2) is 7.63. The van der Waals surface area contributed by atoms with Crippen LogP contribution < -0.4 is 0 Å². The minimum atomic E-state index is -2.88. The van der Waals surface area contributed by atoms with Gasteiger partial charge in [-0.3, -0.25) is 4.79 Å². The maximum absolute atomic E-state index is 14.5. The third kappa shape index (κ3) is 3.68. The van der Waals surface area contributed by atoms with E-state index in [2.05, 4.69) is 0 Å². The highest BCUT2D eigenvalue weighted by molar-refractivity contribution is 5.82. The molecular weight excluding hydrogens is 360 g/mol. The van der Waals surface area contributed by atoms with Crippen molar-refractivity contribution < 1.29 is 18.3 Å². The average molecular weight is 385 g/mol. The van der Waals surface area contributed by atoms with Gasteiger partial charge in [0.05, 0.1) is 6.54 Å². The van der Waals surface area contributed by atoms with Gasteiger partial charge in [-0.1, -0.05) is 61.5 Å². The van der Waals surface area contributed by atoms with E-state index in [1.165, 1.54) is 4.90 Å². The minimum Gasteiger partial charge on any atom is -0.368 e. The van der Waals surface area contributed by atoms with Crippen LogP contribution in [0.2, 0.25) is 0 Å². The average Bonchev–Trinajstić information content (AvgIpc) is 3.32. The van der Waals surface area contributed by atoms with Crippen molar-refractivity contribution in [3.05, 3.63) is 60.2 Å². The van der Waals surface area contributed by atoms with Crippen LogP contribution >= 0.6 is 0 Å². The number of benzene rings is 2. The zero-order valence-electron chi connectivity index (χ0n) is 16.0. The summed E-state index contributed by atoms with van der Waals surface area (Å²) in [4.78, 5) is 14.2. The van der Waals surface area contributed by atoms with Crippen molar-refractivity contribution in [1.29, 1.82) is 0 Å². The van der Waals surface area contributed by atoms with Crippen molar-refractivity contribution in [1.82, 2.24) is 4.90 Å². The summed E-state index contributed by atoms with van der Waals surface area (Å²) in [7, 11) is 0. The quantitative estimate of drug-likeness (QED) is 0.772. The van der Waals surface area contributed by atoms with Gasteiger partial charge in [0.1, 0.15) is 6.10 Å². The first kappa shape index (κ1) is 19.1. The first-order chi connectivity index (χ1) is 13.5. The molecule has 3 nitrogen and oxygen atoms in total. The number of hydrogen-bond donors (Lipinski definition) is 0. The Kier molecular flexibility index (Phi) is 5.19. The van der Waals surface area contributed by atoms with Crippen LogP contribution in [0.15, 0.2) is 54.6 Å². The molecule has 0 bridgehead atoms. The van der Waals surface area contributed by atoms with Crippen LogP contribution in [0.25, 0.3) is 11.1 Å². The zero-order valence-corrected chi connectivity index (χ0v) is 16.0. The summed E-state index contributed by atoms with van der Waals surface area (Å²) in [5, 5.41) is 0. The molecule has 3 atom stereocenters. The lowest BCUT2D eigenvalue weighted by atomic mass is 9.92. The first-order valence-corrected chi connectivity index (χ1v) is 9.90. The van der Waals surface area contributed by atoms with Crippen LogP contribution in [-0.2, 0) is 16.0 Å². The second-order valence-corrected chi connectivity index (χ2v) is 7.86. The van der Waals surface area contributed by atoms with Gasteiger partial charge in [-0.05, 0) is 36.0 Å². The molecule has 5 heteroatoms. The van der Waals surface area contributed by atoms with Gasteiger partial charge in [0.15, 0.2) is 0 Å². The molecule has 0 N–H and O–H groups in total. The molecule has 0 aliphatic carbocycles. The number of amides is 1. The molecule has 28 heavy (non-hydrogen) atoms. The van der Waals surface area contributed by atoms with Gasteiger partial charge in [0, 0.05) is 18.6 Å². The number of rotatable bonds is 4. The number of carbonyl (C=O) groups excluding carboxylic acids is 1. The zero-order chi connectivity index (χ0) is 19.7. The summed E-state index contributed by atoms with van der Waals surface area (Å²) >= 11 is 0. The number of hydrogen-bond acceptors (Lipinski definition) is 2. The molecule has 148 valence electrons. The van der Waals surface area contributed by atoms with Crippen molar-refractivity contribution in [3.8, 4) is 11.1 Å². The van der Waals surface area contributed by atoms with Gasteiger partial charge in [0.2, 0.25) is 0 Å². The SMILES string of the molecule is C[C@@H]1[C@H](Cc2cccc(-c3ccccc3)c2)N(C(=O)[C@H]2CCCO2)CC1(F)F. The molecule has 2 saturated heterocycles. The Morgan fingerprint density at radius 3 is 2.61 bits per heavy atom. The van der Waals surface area contributed by atoms with E-state index in [0.29, 0.717) is 19.4 Å². The predicted molar refractivity (Wildman–Crippen MR) is 104 cm³/mol. The van der Waals surface area contributed by atoms with E-state index in [4.69, 9.17) is 4.74 Å². The maximum Gasteiger partial charge on any atom is 0.269 e. The summed E-state index contributed by atoms with van der Waals surface area (Å²) in [6, 6.07) is 17.4. The fourth-order valence-corrected chi connectivity index (χ4v) is 4.28. The first-order valence-electron chi connectivity index (χ1n) is 9.90. The van der Waals surface area contributed by atoms with Crippen LogP contribution in [0.3, 0.4) is 0 Å². The van der Waals surface area contributed by atoms with Crippen molar-refractivity contribution in [2.45, 2.75) is 44.3 Å². The molecule has 2 aliphatic heterocycles. The third-order valence-electron chi connectivity index (χ3n) is 5.99. The Bertz CT molecular complexity index is 834. The Morgan fingerprint density at radius 1 is 1.14 bits per heavy atom. The molecule has 1 amide bonds. The monoisotopic (exact) mass is 385 g/mol. The number of ether oxygens (including phenoxy) is 1. The molecule has 2 fully saturated rings. The molecule has 0 unspecified atom stereocenters. The van der Waals surface area contributed by atoms with E-state index < -0.39 is 30.5 Å². The Morgan fingerprint density at radius 2 is 1.89 bits per heavy atom. The lowest BCUT2D eigenvalue weighted by Crippen LogP contribution is -2.44. The fourth-order valence-electron chi connectivity index (χ4n) is 4.28. The largest absolute Gasteiger partial charge is 0.368 e. The van der Waals surface area contributed by atoms with Crippen LogP contribution in [0, 0.1) is 5.92 Å². The Hall–Kier alpha value is -2.27. The van der Waals surface area contributed by atoms with Crippen molar-refractivity contribution in [2.75, 3.05) is 13.2 Å². The van der Waals surface area contributed by atoms with Crippen LogP contribution in [0.5, 0.6) is 0 Å². The minimum absolute atomic E-state index is 0.286. The summed E-state index contributed by atoms with van der Waals surface area (Å²) in [5.74, 6) is -4.06. The van der Waals surface area contributed by atoms with Crippen molar-refractivity contribution in [3.63, 3.8) is 0 Å². The molecule has 2 aromatic carbocycles. The number of halogens is 2. The summed E-state index contributed by atoms with van der Waals surface area (Å²) in [6.07, 6.45) is 1.26. The van der Waals surface area contributed by atoms with E-state index in [0.717, 1.165) is 23.1 Å². The molecule has 0 aromatic heterocycles. The number of alkyl halides is 2. The molecule has 4 rings (SSSR count). The highest BCUT2D eigenvalue weighted by atomic mass is 19.3. The van der Waals surface area contributed by atoms with Gasteiger partial charge in [0.25, 0.3) is 11.8 Å².